The summed E-state index contributed by atoms with van der Waals surface area (Å²) in [5.41, 5.74) is 3.21. The summed E-state index contributed by atoms with van der Waals surface area (Å²) in [5.74, 6) is -0.270. The van der Waals surface area contributed by atoms with Crippen molar-refractivity contribution in [1.29, 1.82) is 0 Å². The normalized spacial score (nSPS) is 12.1. The van der Waals surface area contributed by atoms with Gasteiger partial charge >= 0.3 is 5.97 Å². The number of carboxylic acid groups (broad SMARTS) is 1. The van der Waals surface area contributed by atoms with Crippen molar-refractivity contribution in [2.24, 2.45) is 5.92 Å². The molecule has 158 valence electrons. The lowest BCUT2D eigenvalue weighted by Crippen LogP contribution is -2.16. The fraction of sp³-hybridized carbons (Fsp3) is 0.560. The lowest BCUT2D eigenvalue weighted by atomic mass is 9.93. The SMILES string of the molecule is CCCCCCCC[C@H](Cc1ccc(-c2ncc(CCCC)cn2)cc1)C(=O)O. The Morgan fingerprint density at radius 1 is 0.862 bits per heavy atom. The Balaban J connectivity index is 1.88. The first kappa shape index (κ1) is 23.1. The van der Waals surface area contributed by atoms with E-state index in [1.165, 1.54) is 37.7 Å². The van der Waals surface area contributed by atoms with Crippen molar-refractivity contribution >= 4 is 5.97 Å². The summed E-state index contributed by atoms with van der Waals surface area (Å²) < 4.78 is 0. The van der Waals surface area contributed by atoms with Crippen LogP contribution in [0.15, 0.2) is 36.7 Å². The Morgan fingerprint density at radius 2 is 1.48 bits per heavy atom. The van der Waals surface area contributed by atoms with E-state index in [9.17, 15) is 9.90 Å². The minimum Gasteiger partial charge on any atom is -0.481 e. The Kier molecular flexibility index (Phi) is 10.4. The minimum absolute atomic E-state index is 0.305. The van der Waals surface area contributed by atoms with Gasteiger partial charge in [-0.05, 0) is 36.8 Å². The molecule has 4 heteroatoms. The van der Waals surface area contributed by atoms with Crippen LogP contribution in [0.25, 0.3) is 11.4 Å². The molecule has 0 saturated heterocycles. The standard InChI is InChI=1S/C25H36N2O2/c1-3-5-7-8-9-10-12-23(25(28)29)17-20-13-15-22(16-14-20)24-26-18-21(19-27-24)11-6-4-2/h13-16,18-19,23H,3-12,17H2,1-2H3,(H,28,29)/t23-/m1/s1. The maximum atomic E-state index is 11.6. The van der Waals surface area contributed by atoms with E-state index in [1.54, 1.807) is 0 Å². The van der Waals surface area contributed by atoms with Gasteiger partial charge in [-0.3, -0.25) is 4.79 Å². The van der Waals surface area contributed by atoms with Crippen LogP contribution in [0.5, 0.6) is 0 Å². The molecule has 0 bridgehead atoms. The minimum atomic E-state index is -0.686. The van der Waals surface area contributed by atoms with Crippen molar-refractivity contribution < 1.29 is 9.90 Å². The highest BCUT2D eigenvalue weighted by molar-refractivity contribution is 5.70. The molecular weight excluding hydrogens is 360 g/mol. The van der Waals surface area contributed by atoms with Gasteiger partial charge in [0.2, 0.25) is 0 Å². The number of carboxylic acids is 1. The summed E-state index contributed by atoms with van der Waals surface area (Å²) >= 11 is 0. The molecule has 1 heterocycles. The van der Waals surface area contributed by atoms with Gasteiger partial charge < -0.3 is 5.11 Å². The summed E-state index contributed by atoms with van der Waals surface area (Å²) in [6, 6.07) is 8.03. The van der Waals surface area contributed by atoms with Crippen molar-refractivity contribution in [1.82, 2.24) is 9.97 Å². The van der Waals surface area contributed by atoms with Crippen molar-refractivity contribution in [3.8, 4) is 11.4 Å². The first-order valence-electron chi connectivity index (χ1n) is 11.3. The Bertz CT molecular complexity index is 711. The number of aromatic nitrogens is 2. The smallest absolute Gasteiger partial charge is 0.306 e. The lowest BCUT2D eigenvalue weighted by molar-refractivity contribution is -0.142. The molecule has 0 fully saturated rings. The van der Waals surface area contributed by atoms with Crippen LogP contribution in [0.3, 0.4) is 0 Å². The largest absolute Gasteiger partial charge is 0.481 e. The number of hydrogen-bond donors (Lipinski definition) is 1. The van der Waals surface area contributed by atoms with E-state index in [1.807, 2.05) is 36.7 Å². The molecule has 1 atom stereocenters. The van der Waals surface area contributed by atoms with Gasteiger partial charge in [-0.15, -0.1) is 0 Å². The highest BCUT2D eigenvalue weighted by atomic mass is 16.4. The van der Waals surface area contributed by atoms with Crippen molar-refractivity contribution in [3.05, 3.63) is 47.8 Å². The third kappa shape index (κ3) is 8.35. The maximum absolute atomic E-state index is 11.6. The fourth-order valence-corrected chi connectivity index (χ4v) is 3.57. The number of benzene rings is 1. The highest BCUT2D eigenvalue weighted by Gasteiger charge is 2.17. The summed E-state index contributed by atoms with van der Waals surface area (Å²) in [6.07, 6.45) is 15.6. The van der Waals surface area contributed by atoms with Crippen molar-refractivity contribution in [3.63, 3.8) is 0 Å². The van der Waals surface area contributed by atoms with Crippen LogP contribution in [0.2, 0.25) is 0 Å². The molecule has 0 aliphatic carbocycles. The van der Waals surface area contributed by atoms with Crippen molar-refractivity contribution in [2.45, 2.75) is 84.5 Å². The first-order valence-corrected chi connectivity index (χ1v) is 11.3. The zero-order valence-electron chi connectivity index (χ0n) is 18.1. The molecule has 0 unspecified atom stereocenters. The van der Waals surface area contributed by atoms with Crippen LogP contribution >= 0.6 is 0 Å². The molecule has 1 N–H and O–H groups in total. The average Bonchev–Trinajstić information content (AvgIpc) is 2.74. The van der Waals surface area contributed by atoms with Gasteiger partial charge in [-0.1, -0.05) is 83.1 Å². The Morgan fingerprint density at radius 3 is 2.10 bits per heavy atom. The number of hydrogen-bond acceptors (Lipinski definition) is 3. The summed E-state index contributed by atoms with van der Waals surface area (Å²) in [5, 5.41) is 9.58. The zero-order valence-corrected chi connectivity index (χ0v) is 18.1. The van der Waals surface area contributed by atoms with Crippen LogP contribution in [-0.2, 0) is 17.6 Å². The monoisotopic (exact) mass is 396 g/mol. The van der Waals surface area contributed by atoms with Crippen LogP contribution < -0.4 is 0 Å². The van der Waals surface area contributed by atoms with Crippen LogP contribution in [0, 0.1) is 5.92 Å². The van der Waals surface area contributed by atoms with Crippen LogP contribution in [0.1, 0.15) is 82.8 Å². The molecule has 0 radical (unpaired) electrons. The number of aliphatic carboxylic acids is 1. The molecule has 0 saturated carbocycles. The second kappa shape index (κ2) is 13.1. The van der Waals surface area contributed by atoms with Gasteiger partial charge in [-0.25, -0.2) is 9.97 Å². The van der Waals surface area contributed by atoms with Gasteiger partial charge in [0.25, 0.3) is 0 Å². The number of rotatable bonds is 14. The second-order valence-electron chi connectivity index (χ2n) is 8.01. The van der Waals surface area contributed by atoms with Crippen molar-refractivity contribution in [2.75, 3.05) is 0 Å². The van der Waals surface area contributed by atoms with Gasteiger partial charge in [-0.2, -0.15) is 0 Å². The maximum Gasteiger partial charge on any atom is 0.306 e. The van der Waals surface area contributed by atoms with E-state index in [4.69, 9.17) is 0 Å². The van der Waals surface area contributed by atoms with E-state index in [0.29, 0.717) is 6.42 Å². The van der Waals surface area contributed by atoms with Gasteiger partial charge in [0.15, 0.2) is 5.82 Å². The van der Waals surface area contributed by atoms with E-state index in [2.05, 4.69) is 23.8 Å². The number of aryl methyl sites for hydroxylation is 1. The number of nitrogens with zero attached hydrogens (tertiary/aromatic N) is 2. The lowest BCUT2D eigenvalue weighted by Gasteiger charge is -2.13. The molecule has 4 nitrogen and oxygen atoms in total. The molecule has 0 spiro atoms. The predicted molar refractivity (Wildman–Crippen MR) is 119 cm³/mol. The third-order valence-electron chi connectivity index (χ3n) is 5.47. The molecule has 0 aliphatic rings. The van der Waals surface area contributed by atoms with E-state index in [0.717, 1.165) is 49.1 Å². The van der Waals surface area contributed by atoms with Gasteiger partial charge in [0.05, 0.1) is 5.92 Å². The second-order valence-corrected chi connectivity index (χ2v) is 8.01. The van der Waals surface area contributed by atoms with Gasteiger partial charge in [0, 0.05) is 18.0 Å². The number of carbonyl (C=O) groups is 1. The average molecular weight is 397 g/mol. The molecule has 0 aliphatic heterocycles. The third-order valence-corrected chi connectivity index (χ3v) is 5.47. The van der Waals surface area contributed by atoms with E-state index in [-0.39, 0.29) is 5.92 Å². The molecule has 1 aromatic heterocycles. The molecule has 1 aromatic carbocycles. The molecular formula is C25H36N2O2. The quantitative estimate of drug-likeness (QED) is 0.371. The Labute approximate surface area is 175 Å². The molecule has 0 amide bonds. The Hall–Kier alpha value is -2.23. The predicted octanol–water partition coefficient (Wildman–Crippen LogP) is 6.48. The van der Waals surface area contributed by atoms with Crippen LogP contribution in [0.4, 0.5) is 0 Å². The summed E-state index contributed by atoms with van der Waals surface area (Å²) in [4.78, 5) is 20.6. The van der Waals surface area contributed by atoms with Gasteiger partial charge in [0.1, 0.15) is 0 Å². The van der Waals surface area contributed by atoms with Crippen LogP contribution in [-0.4, -0.2) is 21.0 Å². The highest BCUT2D eigenvalue weighted by Crippen LogP contribution is 2.21. The topological polar surface area (TPSA) is 63.1 Å². The fourth-order valence-electron chi connectivity index (χ4n) is 3.57. The first-order chi connectivity index (χ1) is 14.1. The summed E-state index contributed by atoms with van der Waals surface area (Å²) in [6.45, 7) is 4.39. The zero-order chi connectivity index (χ0) is 20.9. The van der Waals surface area contributed by atoms with E-state index >= 15 is 0 Å². The van der Waals surface area contributed by atoms with E-state index < -0.39 is 5.97 Å². The molecule has 2 aromatic rings. The molecule has 29 heavy (non-hydrogen) atoms. The summed E-state index contributed by atoms with van der Waals surface area (Å²) in [7, 11) is 0. The number of unbranched alkanes of at least 4 members (excludes halogenated alkanes) is 6. The molecule has 2 rings (SSSR count).